The van der Waals surface area contributed by atoms with Crippen LogP contribution < -0.4 is 14.4 Å². The molecule has 0 bridgehead atoms. The highest BCUT2D eigenvalue weighted by Gasteiger charge is 2.14. The maximum Gasteiger partial charge on any atom is 0.330 e. The molecule has 0 aliphatic heterocycles. The summed E-state index contributed by atoms with van der Waals surface area (Å²) in [7, 11) is 0. The van der Waals surface area contributed by atoms with Crippen LogP contribution in [0.5, 0.6) is 11.5 Å². The third-order valence-corrected chi connectivity index (χ3v) is 5.42. The molecule has 38 heavy (non-hydrogen) atoms. The van der Waals surface area contributed by atoms with Gasteiger partial charge in [0.1, 0.15) is 36.9 Å². The quantitative estimate of drug-likeness (QED) is 0.191. The number of rotatable bonds is 13. The summed E-state index contributed by atoms with van der Waals surface area (Å²) in [5.74, 6) is 0.364. The predicted molar refractivity (Wildman–Crippen MR) is 148 cm³/mol. The minimum atomic E-state index is -0.479. The summed E-state index contributed by atoms with van der Waals surface area (Å²) in [6.45, 7) is 12.8. The maximum absolute atomic E-state index is 11.4. The average molecular weight is 516 g/mol. The zero-order chi connectivity index (χ0) is 27.5. The molecule has 7 nitrogen and oxygen atoms in total. The van der Waals surface area contributed by atoms with E-state index in [1.165, 1.54) is 5.56 Å². The Morgan fingerprint density at radius 1 is 0.684 bits per heavy atom. The van der Waals surface area contributed by atoms with Gasteiger partial charge < -0.3 is 23.8 Å². The summed E-state index contributed by atoms with van der Waals surface area (Å²) < 4.78 is 21.9. The number of anilines is 3. The van der Waals surface area contributed by atoms with Crippen molar-refractivity contribution in [3.05, 3.63) is 104 Å². The Morgan fingerprint density at radius 2 is 1.03 bits per heavy atom. The molecule has 0 aromatic heterocycles. The fourth-order valence-electron chi connectivity index (χ4n) is 3.51. The van der Waals surface area contributed by atoms with Crippen molar-refractivity contribution in [3.63, 3.8) is 0 Å². The molecule has 2 atom stereocenters. The molecular weight excluding hydrogens is 482 g/mol. The molecule has 0 aliphatic carbocycles. The second-order valence-corrected chi connectivity index (χ2v) is 8.68. The van der Waals surface area contributed by atoms with Crippen molar-refractivity contribution < 1.29 is 28.5 Å². The van der Waals surface area contributed by atoms with Gasteiger partial charge in [-0.1, -0.05) is 30.9 Å². The first-order valence-corrected chi connectivity index (χ1v) is 12.3. The van der Waals surface area contributed by atoms with Crippen molar-refractivity contribution in [2.75, 3.05) is 18.1 Å². The van der Waals surface area contributed by atoms with Gasteiger partial charge in [0.05, 0.1) is 0 Å². The van der Waals surface area contributed by atoms with Crippen LogP contribution in [0.25, 0.3) is 0 Å². The minimum absolute atomic E-state index is 0.230. The number of hydrogen-bond acceptors (Lipinski definition) is 7. The number of carbonyl (C=O) groups excluding carboxylic acids is 2. The molecule has 0 radical (unpaired) electrons. The Balaban J connectivity index is 1.75. The first-order chi connectivity index (χ1) is 18.3. The number of aryl methyl sites for hydroxylation is 1. The second kappa shape index (κ2) is 13.7. The van der Waals surface area contributed by atoms with Crippen LogP contribution in [-0.4, -0.2) is 37.4 Å². The molecule has 0 aliphatic rings. The molecule has 3 rings (SSSR count). The lowest BCUT2D eigenvalue weighted by Gasteiger charge is -2.26. The third-order valence-electron chi connectivity index (χ3n) is 5.42. The van der Waals surface area contributed by atoms with Crippen molar-refractivity contribution >= 4 is 29.0 Å². The van der Waals surface area contributed by atoms with Crippen molar-refractivity contribution in [3.8, 4) is 11.5 Å². The molecule has 0 fully saturated rings. The van der Waals surface area contributed by atoms with E-state index in [9.17, 15) is 9.59 Å². The van der Waals surface area contributed by atoms with Crippen molar-refractivity contribution in [2.45, 2.75) is 33.0 Å². The van der Waals surface area contributed by atoms with Gasteiger partial charge in [0.15, 0.2) is 0 Å². The van der Waals surface area contributed by atoms with E-state index in [1.54, 1.807) is 13.8 Å². The molecule has 0 heterocycles. The standard InChI is InChI=1S/C31H33NO6/c1-6-30(33)37-23(4)20-35-28-16-12-26(13-17-28)32(25-10-8-22(3)9-11-25)27-14-18-29(19-15-27)36-21-24(5)38-31(34)7-2/h6-19,23-24H,1-2,20-21H2,3-5H3. The zero-order valence-corrected chi connectivity index (χ0v) is 22.0. The van der Waals surface area contributed by atoms with Crippen LogP contribution in [0, 0.1) is 6.92 Å². The highest BCUT2D eigenvalue weighted by atomic mass is 16.6. The van der Waals surface area contributed by atoms with Gasteiger partial charge in [0.2, 0.25) is 0 Å². The summed E-state index contributed by atoms with van der Waals surface area (Å²) in [4.78, 5) is 24.8. The lowest BCUT2D eigenvalue weighted by Crippen LogP contribution is -2.20. The molecule has 3 aromatic carbocycles. The largest absolute Gasteiger partial charge is 0.490 e. The molecule has 0 amide bonds. The molecule has 0 saturated carbocycles. The van der Waals surface area contributed by atoms with Gasteiger partial charge in [-0.05, 0) is 81.4 Å². The number of esters is 2. The third kappa shape index (κ3) is 8.27. The lowest BCUT2D eigenvalue weighted by atomic mass is 10.1. The molecule has 0 saturated heterocycles. The van der Waals surface area contributed by atoms with Gasteiger partial charge in [-0.3, -0.25) is 0 Å². The number of carbonyl (C=O) groups is 2. The summed E-state index contributed by atoms with van der Waals surface area (Å²) in [5, 5.41) is 0. The first-order valence-electron chi connectivity index (χ1n) is 12.3. The van der Waals surface area contributed by atoms with Crippen LogP contribution in [0.3, 0.4) is 0 Å². The van der Waals surface area contributed by atoms with Crippen LogP contribution in [0.15, 0.2) is 98.1 Å². The minimum Gasteiger partial charge on any atom is -0.490 e. The van der Waals surface area contributed by atoms with E-state index in [4.69, 9.17) is 18.9 Å². The molecule has 3 aromatic rings. The van der Waals surface area contributed by atoms with Crippen LogP contribution in [0.1, 0.15) is 19.4 Å². The summed E-state index contributed by atoms with van der Waals surface area (Å²) in [6, 6.07) is 23.6. The number of ether oxygens (including phenoxy) is 4. The lowest BCUT2D eigenvalue weighted by molar-refractivity contribution is -0.144. The first kappa shape index (κ1) is 28.1. The summed E-state index contributed by atoms with van der Waals surface area (Å²) in [5.41, 5.74) is 4.03. The van der Waals surface area contributed by atoms with Crippen LogP contribution in [-0.2, 0) is 19.1 Å². The average Bonchev–Trinajstić information content (AvgIpc) is 2.93. The van der Waals surface area contributed by atoms with Crippen molar-refractivity contribution in [1.29, 1.82) is 0 Å². The number of benzene rings is 3. The molecule has 7 heteroatoms. The van der Waals surface area contributed by atoms with E-state index in [0.717, 1.165) is 29.2 Å². The Bertz CT molecular complexity index is 1140. The van der Waals surface area contributed by atoms with E-state index < -0.39 is 24.1 Å². The molecule has 0 N–H and O–H groups in total. The second-order valence-electron chi connectivity index (χ2n) is 8.68. The molecular formula is C31H33NO6. The van der Waals surface area contributed by atoms with Crippen molar-refractivity contribution in [2.24, 2.45) is 0 Å². The Labute approximate surface area is 223 Å². The monoisotopic (exact) mass is 515 g/mol. The van der Waals surface area contributed by atoms with E-state index in [0.29, 0.717) is 11.5 Å². The molecule has 2 unspecified atom stereocenters. The Morgan fingerprint density at radius 3 is 1.37 bits per heavy atom. The number of nitrogens with zero attached hydrogens (tertiary/aromatic N) is 1. The SMILES string of the molecule is C=CC(=O)OC(C)COc1ccc(N(c2ccc(C)cc2)c2ccc(OCC(C)OC(=O)C=C)cc2)cc1. The highest BCUT2D eigenvalue weighted by molar-refractivity contribution is 5.81. The van der Waals surface area contributed by atoms with Gasteiger partial charge in [-0.25, -0.2) is 9.59 Å². The van der Waals surface area contributed by atoms with Gasteiger partial charge in [-0.2, -0.15) is 0 Å². The predicted octanol–water partition coefficient (Wildman–Crippen LogP) is 6.46. The van der Waals surface area contributed by atoms with Crippen molar-refractivity contribution in [1.82, 2.24) is 0 Å². The normalized spacial score (nSPS) is 12.0. The van der Waals surface area contributed by atoms with Gasteiger partial charge >= 0.3 is 11.9 Å². The fourth-order valence-corrected chi connectivity index (χ4v) is 3.51. The van der Waals surface area contributed by atoms with E-state index >= 15 is 0 Å². The van der Waals surface area contributed by atoms with Crippen LogP contribution >= 0.6 is 0 Å². The van der Waals surface area contributed by atoms with E-state index in [1.807, 2.05) is 55.5 Å². The molecule has 0 spiro atoms. The Kier molecular flexibility index (Phi) is 10.1. The fraction of sp³-hybridized carbons (Fsp3) is 0.226. The van der Waals surface area contributed by atoms with Gasteiger partial charge in [0.25, 0.3) is 0 Å². The summed E-state index contributed by atoms with van der Waals surface area (Å²) >= 11 is 0. The van der Waals surface area contributed by atoms with E-state index in [-0.39, 0.29) is 13.2 Å². The zero-order valence-electron chi connectivity index (χ0n) is 22.0. The van der Waals surface area contributed by atoms with E-state index in [2.05, 4.69) is 42.3 Å². The van der Waals surface area contributed by atoms with Crippen LogP contribution in [0.2, 0.25) is 0 Å². The summed E-state index contributed by atoms with van der Waals surface area (Å²) in [6.07, 6.45) is 1.46. The molecule has 198 valence electrons. The Hall–Kier alpha value is -4.52. The highest BCUT2D eigenvalue weighted by Crippen LogP contribution is 2.36. The smallest absolute Gasteiger partial charge is 0.330 e. The maximum atomic E-state index is 11.4. The number of hydrogen-bond donors (Lipinski definition) is 0. The van der Waals surface area contributed by atoms with Gasteiger partial charge in [-0.15, -0.1) is 0 Å². The van der Waals surface area contributed by atoms with Crippen LogP contribution in [0.4, 0.5) is 17.1 Å². The topological polar surface area (TPSA) is 74.3 Å². The van der Waals surface area contributed by atoms with Gasteiger partial charge in [0, 0.05) is 29.2 Å².